The number of hydrogen-bond donors (Lipinski definition) is 2. The molecule has 0 radical (unpaired) electrons. The Labute approximate surface area is 165 Å². The van der Waals surface area contributed by atoms with Crippen molar-refractivity contribution in [2.45, 2.75) is 50.8 Å². The zero-order chi connectivity index (χ0) is 19.3. The molecule has 1 aromatic heterocycles. The van der Waals surface area contributed by atoms with Crippen LogP contribution in [0.3, 0.4) is 0 Å². The summed E-state index contributed by atoms with van der Waals surface area (Å²) in [4.78, 5) is 16.8. The third-order valence-electron chi connectivity index (χ3n) is 5.75. The fourth-order valence-electron chi connectivity index (χ4n) is 4.26. The molecule has 0 bridgehead atoms. The maximum Gasteiger partial charge on any atom is 0.241 e. The van der Waals surface area contributed by atoms with Crippen molar-refractivity contribution in [3.05, 3.63) is 48.3 Å². The molecule has 0 spiro atoms. The molecule has 2 aromatic rings. The number of rotatable bonds is 6. The Balaban J connectivity index is 1.41. The smallest absolute Gasteiger partial charge is 0.241 e. The molecule has 3 atom stereocenters. The molecule has 6 heteroatoms. The summed E-state index contributed by atoms with van der Waals surface area (Å²) in [5.74, 6) is 1.90. The first-order valence-corrected chi connectivity index (χ1v) is 9.99. The Kier molecular flexibility index (Phi) is 5.76. The van der Waals surface area contributed by atoms with Gasteiger partial charge in [-0.25, -0.2) is 0 Å². The normalized spacial score (nSPS) is 23.7. The van der Waals surface area contributed by atoms with E-state index in [4.69, 9.17) is 9.47 Å². The summed E-state index contributed by atoms with van der Waals surface area (Å²) in [5, 5.41) is 6.56. The molecular weight excluding hydrogens is 354 g/mol. The van der Waals surface area contributed by atoms with E-state index in [1.807, 2.05) is 30.3 Å². The maximum atomic E-state index is 12.8. The summed E-state index contributed by atoms with van der Waals surface area (Å²) in [7, 11) is 1.61. The number of pyridine rings is 1. The van der Waals surface area contributed by atoms with Crippen LogP contribution in [0.4, 0.5) is 5.69 Å². The Bertz CT molecular complexity index is 798. The summed E-state index contributed by atoms with van der Waals surface area (Å²) in [5.41, 5.74) is 1.73. The second-order valence-corrected chi connectivity index (χ2v) is 7.61. The Morgan fingerprint density at radius 1 is 1.18 bits per heavy atom. The molecule has 1 saturated heterocycles. The van der Waals surface area contributed by atoms with Crippen LogP contribution in [-0.4, -0.2) is 30.1 Å². The average molecular weight is 381 g/mol. The molecule has 4 rings (SSSR count). The van der Waals surface area contributed by atoms with Crippen molar-refractivity contribution < 1.29 is 14.3 Å². The molecule has 1 amide bonds. The van der Waals surface area contributed by atoms with E-state index in [0.29, 0.717) is 35.8 Å². The summed E-state index contributed by atoms with van der Waals surface area (Å²) in [6, 6.07) is 9.68. The van der Waals surface area contributed by atoms with Gasteiger partial charge in [-0.05, 0) is 55.0 Å². The van der Waals surface area contributed by atoms with E-state index in [2.05, 4.69) is 15.6 Å². The van der Waals surface area contributed by atoms with Crippen LogP contribution in [0.5, 0.6) is 11.5 Å². The third-order valence-corrected chi connectivity index (χ3v) is 5.75. The quantitative estimate of drug-likeness (QED) is 0.801. The van der Waals surface area contributed by atoms with Crippen LogP contribution >= 0.6 is 0 Å². The van der Waals surface area contributed by atoms with E-state index in [1.54, 1.807) is 19.5 Å². The van der Waals surface area contributed by atoms with Crippen LogP contribution in [0.15, 0.2) is 42.7 Å². The van der Waals surface area contributed by atoms with Gasteiger partial charge in [0.2, 0.25) is 5.91 Å². The Morgan fingerprint density at radius 2 is 2.00 bits per heavy atom. The van der Waals surface area contributed by atoms with Gasteiger partial charge < -0.3 is 20.1 Å². The number of hydrogen-bond acceptors (Lipinski definition) is 5. The number of ether oxygens (including phenoxy) is 2. The van der Waals surface area contributed by atoms with Gasteiger partial charge in [0.25, 0.3) is 0 Å². The minimum atomic E-state index is -0.114. The number of carbonyl (C=O) groups is 1. The lowest BCUT2D eigenvalue weighted by molar-refractivity contribution is -0.117. The highest BCUT2D eigenvalue weighted by Gasteiger charge is 2.38. The lowest BCUT2D eigenvalue weighted by atomic mass is 9.85. The largest absolute Gasteiger partial charge is 0.493 e. The highest BCUT2D eigenvalue weighted by atomic mass is 16.5. The number of nitrogens with zero attached hydrogens (tertiary/aromatic N) is 1. The number of aromatic nitrogens is 1. The van der Waals surface area contributed by atoms with Crippen molar-refractivity contribution in [2.24, 2.45) is 5.92 Å². The molecule has 28 heavy (non-hydrogen) atoms. The molecule has 148 valence electrons. The van der Waals surface area contributed by atoms with Gasteiger partial charge >= 0.3 is 0 Å². The fraction of sp³-hybridized carbons (Fsp3) is 0.455. The van der Waals surface area contributed by atoms with Gasteiger partial charge in [-0.3, -0.25) is 9.78 Å². The summed E-state index contributed by atoms with van der Waals surface area (Å²) >= 11 is 0. The van der Waals surface area contributed by atoms with Gasteiger partial charge in [0.05, 0.1) is 13.2 Å². The van der Waals surface area contributed by atoms with Gasteiger partial charge in [-0.2, -0.15) is 0 Å². The number of methoxy groups -OCH3 is 1. The monoisotopic (exact) mass is 381 g/mol. The number of anilines is 1. The van der Waals surface area contributed by atoms with E-state index >= 15 is 0 Å². The van der Waals surface area contributed by atoms with Crippen molar-refractivity contribution in [3.8, 4) is 11.5 Å². The predicted molar refractivity (Wildman–Crippen MR) is 107 cm³/mol. The van der Waals surface area contributed by atoms with Gasteiger partial charge in [0.1, 0.15) is 6.61 Å². The van der Waals surface area contributed by atoms with Crippen LogP contribution < -0.4 is 20.1 Å². The second kappa shape index (κ2) is 8.61. The standard InChI is InChI=1S/C22H27N3O3/c1-27-20-7-6-17(13-21(20)28-14-15-8-10-23-11-9-15)24-22(26)19-12-16-4-2-3-5-18(16)25-19/h6-11,13,16,18-19,25H,2-5,12,14H2,1H3,(H,24,26). The second-order valence-electron chi connectivity index (χ2n) is 7.61. The molecule has 3 unspecified atom stereocenters. The fourth-order valence-corrected chi connectivity index (χ4v) is 4.26. The van der Waals surface area contributed by atoms with E-state index in [-0.39, 0.29) is 11.9 Å². The lowest BCUT2D eigenvalue weighted by Gasteiger charge is -2.24. The van der Waals surface area contributed by atoms with Gasteiger partial charge in [-0.1, -0.05) is 12.8 Å². The first kappa shape index (κ1) is 18.7. The zero-order valence-corrected chi connectivity index (χ0v) is 16.2. The lowest BCUT2D eigenvalue weighted by Crippen LogP contribution is -2.39. The van der Waals surface area contributed by atoms with Gasteiger partial charge in [0.15, 0.2) is 11.5 Å². The Hall–Kier alpha value is -2.60. The molecule has 6 nitrogen and oxygen atoms in total. The molecule has 1 saturated carbocycles. The van der Waals surface area contributed by atoms with Crippen molar-refractivity contribution >= 4 is 11.6 Å². The van der Waals surface area contributed by atoms with Gasteiger partial charge in [-0.15, -0.1) is 0 Å². The molecule has 2 aliphatic rings. The first-order chi connectivity index (χ1) is 13.7. The highest BCUT2D eigenvalue weighted by molar-refractivity contribution is 5.95. The molecule has 1 aliphatic carbocycles. The average Bonchev–Trinajstić information content (AvgIpc) is 3.18. The summed E-state index contributed by atoms with van der Waals surface area (Å²) in [6.07, 6.45) is 9.36. The van der Waals surface area contributed by atoms with E-state index in [0.717, 1.165) is 12.0 Å². The van der Waals surface area contributed by atoms with Crippen LogP contribution in [0.1, 0.15) is 37.7 Å². The molecule has 1 aliphatic heterocycles. The van der Waals surface area contributed by atoms with Crippen molar-refractivity contribution in [1.29, 1.82) is 0 Å². The third kappa shape index (κ3) is 4.28. The topological polar surface area (TPSA) is 72.5 Å². The van der Waals surface area contributed by atoms with Gasteiger partial charge in [0, 0.05) is 30.2 Å². The SMILES string of the molecule is COc1ccc(NC(=O)C2CC3CCCCC3N2)cc1OCc1ccncc1. The van der Waals surface area contributed by atoms with Crippen LogP contribution in [0.25, 0.3) is 0 Å². The minimum absolute atomic E-state index is 0.0275. The van der Waals surface area contributed by atoms with Crippen LogP contribution in [0.2, 0.25) is 0 Å². The predicted octanol–water partition coefficient (Wildman–Crippen LogP) is 3.53. The Morgan fingerprint density at radius 3 is 2.79 bits per heavy atom. The van der Waals surface area contributed by atoms with Crippen molar-refractivity contribution in [3.63, 3.8) is 0 Å². The highest BCUT2D eigenvalue weighted by Crippen LogP contribution is 2.34. The maximum absolute atomic E-state index is 12.8. The van der Waals surface area contributed by atoms with E-state index in [1.165, 1.54) is 25.7 Å². The van der Waals surface area contributed by atoms with Crippen LogP contribution in [0, 0.1) is 5.92 Å². The molecule has 2 fully saturated rings. The summed E-state index contributed by atoms with van der Waals surface area (Å²) < 4.78 is 11.3. The molecule has 2 heterocycles. The number of carbonyl (C=O) groups excluding carboxylic acids is 1. The zero-order valence-electron chi connectivity index (χ0n) is 16.2. The van der Waals surface area contributed by atoms with Crippen molar-refractivity contribution in [2.75, 3.05) is 12.4 Å². The number of fused-ring (bicyclic) bond motifs is 1. The van der Waals surface area contributed by atoms with E-state index < -0.39 is 0 Å². The van der Waals surface area contributed by atoms with Crippen LogP contribution in [-0.2, 0) is 11.4 Å². The molecular formula is C22H27N3O3. The minimum Gasteiger partial charge on any atom is -0.493 e. The molecule has 1 aromatic carbocycles. The number of benzene rings is 1. The van der Waals surface area contributed by atoms with E-state index in [9.17, 15) is 4.79 Å². The van der Waals surface area contributed by atoms with Crippen molar-refractivity contribution in [1.82, 2.24) is 10.3 Å². The number of nitrogens with one attached hydrogen (secondary N) is 2. The molecule has 2 N–H and O–H groups in total. The summed E-state index contributed by atoms with van der Waals surface area (Å²) in [6.45, 7) is 0.407. The first-order valence-electron chi connectivity index (χ1n) is 9.99. The number of amides is 1.